The summed E-state index contributed by atoms with van der Waals surface area (Å²) in [6.07, 6.45) is 79.4. The smallest absolute Gasteiger partial charge is 0.306 e. The zero-order valence-corrected chi connectivity index (χ0v) is 46.2. The highest BCUT2D eigenvalue weighted by Crippen LogP contribution is 2.14. The van der Waals surface area contributed by atoms with Crippen LogP contribution in [-0.4, -0.2) is 37.2 Å². The summed E-state index contributed by atoms with van der Waals surface area (Å²) in [5, 5.41) is 0. The Balaban J connectivity index is 4.55. The molecule has 0 amide bonds. The second-order valence-corrected chi connectivity index (χ2v) is 19.2. The van der Waals surface area contributed by atoms with Crippen LogP contribution < -0.4 is 0 Å². The van der Waals surface area contributed by atoms with Crippen molar-refractivity contribution in [2.75, 3.05) is 13.2 Å². The van der Waals surface area contributed by atoms with E-state index in [0.717, 1.165) is 70.6 Å². The maximum absolute atomic E-state index is 12.9. The summed E-state index contributed by atoms with van der Waals surface area (Å²) in [5.41, 5.74) is 0. The van der Waals surface area contributed by atoms with Gasteiger partial charge in [0.2, 0.25) is 0 Å². The summed E-state index contributed by atoms with van der Waals surface area (Å²) >= 11 is 0. The fourth-order valence-corrected chi connectivity index (χ4v) is 7.77. The van der Waals surface area contributed by atoms with E-state index in [0.29, 0.717) is 19.3 Å². The second kappa shape index (κ2) is 58.6. The molecule has 71 heavy (non-hydrogen) atoms. The van der Waals surface area contributed by atoms with E-state index in [2.05, 4.69) is 130 Å². The minimum Gasteiger partial charge on any atom is -0.462 e. The Morgan fingerprint density at radius 3 is 0.859 bits per heavy atom. The zero-order chi connectivity index (χ0) is 51.4. The van der Waals surface area contributed by atoms with Crippen LogP contribution in [0.2, 0.25) is 0 Å². The third kappa shape index (κ3) is 56.9. The molecule has 0 aromatic rings. The van der Waals surface area contributed by atoms with Gasteiger partial charge in [0.15, 0.2) is 6.10 Å². The zero-order valence-electron chi connectivity index (χ0n) is 46.2. The van der Waals surface area contributed by atoms with E-state index in [1.165, 1.54) is 141 Å². The van der Waals surface area contributed by atoms with Gasteiger partial charge in [-0.1, -0.05) is 233 Å². The highest BCUT2D eigenvalue weighted by molar-refractivity contribution is 5.71. The molecule has 6 heteroatoms. The molecule has 404 valence electrons. The minimum absolute atomic E-state index is 0.124. The van der Waals surface area contributed by atoms with Gasteiger partial charge in [-0.05, 0) is 122 Å². The normalized spacial score (nSPS) is 12.9. The first-order valence-electron chi connectivity index (χ1n) is 29.4. The van der Waals surface area contributed by atoms with Gasteiger partial charge in [-0.15, -0.1) is 0 Å². The molecule has 0 radical (unpaired) electrons. The SMILES string of the molecule is CCCCC/C=C\C/C=C\C/C=C\C/C=C\CCCC(=O)OC[C@H](COC(=O)CCC/C=C\C/C=C\C/C=C\CCCCCCCC)OC(=O)CCCCCCCCCCC/C=C\C/C=C\CCCCC. The lowest BCUT2D eigenvalue weighted by Gasteiger charge is -2.18. The van der Waals surface area contributed by atoms with Gasteiger partial charge < -0.3 is 14.2 Å². The lowest BCUT2D eigenvalue weighted by molar-refractivity contribution is -0.167. The van der Waals surface area contributed by atoms with Crippen molar-refractivity contribution in [3.8, 4) is 0 Å². The number of carbonyl (C=O) groups is 3. The van der Waals surface area contributed by atoms with E-state index in [-0.39, 0.29) is 44.0 Å². The van der Waals surface area contributed by atoms with Crippen molar-refractivity contribution < 1.29 is 28.6 Å². The standard InChI is InChI=1S/C65H108O6/c1-4-7-10-13-16-19-22-25-28-31-32-35-38-41-44-47-50-53-56-59-65(68)71-62(60-69-63(66)57-54-51-48-45-42-39-36-33-29-26-23-20-17-14-11-8-5-2)61-70-64(67)58-55-52-49-46-43-40-37-34-30-27-24-21-18-15-12-9-6-3/h16-17,19-20,25-30,36-37,39-40,45-46,48-49,62H,4-15,18,21-24,31-35,38,41-44,47,50-61H2,1-3H3/b19-16-,20-17-,28-25-,29-26-,30-27-,39-36-,40-37-,48-45-,49-46-/t62-/m1/s1. The van der Waals surface area contributed by atoms with Gasteiger partial charge >= 0.3 is 17.9 Å². The molecule has 0 heterocycles. The summed E-state index contributed by atoms with van der Waals surface area (Å²) in [4.78, 5) is 38.2. The highest BCUT2D eigenvalue weighted by atomic mass is 16.6. The van der Waals surface area contributed by atoms with E-state index in [4.69, 9.17) is 14.2 Å². The number of hydrogen-bond acceptors (Lipinski definition) is 6. The van der Waals surface area contributed by atoms with Crippen LogP contribution in [0.5, 0.6) is 0 Å². The summed E-state index contributed by atoms with van der Waals surface area (Å²) < 4.78 is 16.8. The number of hydrogen-bond donors (Lipinski definition) is 0. The predicted molar refractivity (Wildman–Crippen MR) is 307 cm³/mol. The first-order chi connectivity index (χ1) is 35.0. The Kier molecular flexibility index (Phi) is 55.4. The lowest BCUT2D eigenvalue weighted by atomic mass is 10.1. The van der Waals surface area contributed by atoms with E-state index in [1.807, 2.05) is 0 Å². The molecule has 0 bridgehead atoms. The van der Waals surface area contributed by atoms with Crippen LogP contribution in [0.3, 0.4) is 0 Å². The van der Waals surface area contributed by atoms with Gasteiger partial charge in [0, 0.05) is 19.3 Å². The van der Waals surface area contributed by atoms with E-state index >= 15 is 0 Å². The first-order valence-corrected chi connectivity index (χ1v) is 29.4. The number of rotatable bonds is 52. The Hall–Kier alpha value is -3.93. The molecule has 0 aromatic heterocycles. The Labute approximate surface area is 438 Å². The van der Waals surface area contributed by atoms with Crippen LogP contribution in [0, 0.1) is 0 Å². The average molecular weight is 986 g/mol. The minimum atomic E-state index is -0.825. The second-order valence-electron chi connectivity index (χ2n) is 19.2. The van der Waals surface area contributed by atoms with Crippen molar-refractivity contribution in [1.29, 1.82) is 0 Å². The number of esters is 3. The van der Waals surface area contributed by atoms with Crippen LogP contribution in [0.15, 0.2) is 109 Å². The van der Waals surface area contributed by atoms with Crippen molar-refractivity contribution in [3.63, 3.8) is 0 Å². The van der Waals surface area contributed by atoms with Crippen molar-refractivity contribution in [2.45, 2.75) is 271 Å². The quantitative estimate of drug-likeness (QED) is 0.0261. The first kappa shape index (κ1) is 67.1. The molecule has 0 N–H and O–H groups in total. The molecule has 0 unspecified atom stereocenters. The number of ether oxygens (including phenoxy) is 3. The van der Waals surface area contributed by atoms with Gasteiger partial charge in [-0.2, -0.15) is 0 Å². The molecule has 0 saturated heterocycles. The van der Waals surface area contributed by atoms with Crippen molar-refractivity contribution >= 4 is 17.9 Å². The topological polar surface area (TPSA) is 78.9 Å². The Morgan fingerprint density at radius 1 is 0.282 bits per heavy atom. The molecule has 0 aliphatic rings. The van der Waals surface area contributed by atoms with Gasteiger partial charge in [0.05, 0.1) is 0 Å². The molecular weight excluding hydrogens is 877 g/mol. The van der Waals surface area contributed by atoms with Crippen LogP contribution >= 0.6 is 0 Å². The molecule has 6 nitrogen and oxygen atoms in total. The van der Waals surface area contributed by atoms with Crippen LogP contribution in [-0.2, 0) is 28.6 Å². The highest BCUT2D eigenvalue weighted by Gasteiger charge is 2.19. The molecule has 0 spiro atoms. The Morgan fingerprint density at radius 2 is 0.521 bits per heavy atom. The number of unbranched alkanes of at least 4 members (excludes halogenated alkanes) is 23. The maximum atomic E-state index is 12.9. The van der Waals surface area contributed by atoms with E-state index < -0.39 is 6.10 Å². The van der Waals surface area contributed by atoms with Crippen LogP contribution in [0.25, 0.3) is 0 Å². The number of carbonyl (C=O) groups excluding carboxylic acids is 3. The summed E-state index contributed by atoms with van der Waals surface area (Å²) in [7, 11) is 0. The van der Waals surface area contributed by atoms with Gasteiger partial charge in [-0.3, -0.25) is 14.4 Å². The Bertz CT molecular complexity index is 1460. The molecule has 0 fully saturated rings. The van der Waals surface area contributed by atoms with Crippen LogP contribution in [0.4, 0.5) is 0 Å². The van der Waals surface area contributed by atoms with E-state index in [9.17, 15) is 14.4 Å². The van der Waals surface area contributed by atoms with Gasteiger partial charge in [-0.25, -0.2) is 0 Å². The molecule has 0 aliphatic carbocycles. The predicted octanol–water partition coefficient (Wildman–Crippen LogP) is 19.9. The van der Waals surface area contributed by atoms with Gasteiger partial charge in [0.25, 0.3) is 0 Å². The largest absolute Gasteiger partial charge is 0.462 e. The van der Waals surface area contributed by atoms with Crippen molar-refractivity contribution in [3.05, 3.63) is 109 Å². The molecule has 1 atom stereocenters. The summed E-state index contributed by atoms with van der Waals surface area (Å²) in [6.45, 7) is 6.49. The molecule has 0 aliphatic heterocycles. The van der Waals surface area contributed by atoms with Gasteiger partial charge in [0.1, 0.15) is 13.2 Å². The third-order valence-electron chi connectivity index (χ3n) is 12.2. The fraction of sp³-hybridized carbons (Fsp3) is 0.677. The maximum Gasteiger partial charge on any atom is 0.306 e. The molecular formula is C65H108O6. The van der Waals surface area contributed by atoms with Crippen molar-refractivity contribution in [1.82, 2.24) is 0 Å². The molecule has 0 aromatic carbocycles. The fourth-order valence-electron chi connectivity index (χ4n) is 7.77. The molecule has 0 saturated carbocycles. The number of allylic oxidation sites excluding steroid dienone is 18. The third-order valence-corrected chi connectivity index (χ3v) is 12.2. The molecule has 0 rings (SSSR count). The average Bonchev–Trinajstić information content (AvgIpc) is 3.37. The summed E-state index contributed by atoms with van der Waals surface area (Å²) in [5.74, 6) is -1.03. The van der Waals surface area contributed by atoms with E-state index in [1.54, 1.807) is 0 Å². The lowest BCUT2D eigenvalue weighted by Crippen LogP contribution is -2.30. The van der Waals surface area contributed by atoms with Crippen molar-refractivity contribution in [2.24, 2.45) is 0 Å². The van der Waals surface area contributed by atoms with Crippen LogP contribution in [0.1, 0.15) is 265 Å². The monoisotopic (exact) mass is 985 g/mol. The summed E-state index contributed by atoms with van der Waals surface area (Å²) in [6, 6.07) is 0.